The van der Waals surface area contributed by atoms with E-state index in [0.29, 0.717) is 21.7 Å². The van der Waals surface area contributed by atoms with Crippen molar-refractivity contribution in [3.05, 3.63) is 29.3 Å². The van der Waals surface area contributed by atoms with Gasteiger partial charge in [-0.1, -0.05) is 6.07 Å². The van der Waals surface area contributed by atoms with Gasteiger partial charge in [-0.05, 0) is 39.3 Å². The number of hydrogen-bond acceptors (Lipinski definition) is 6. The zero-order chi connectivity index (χ0) is 19.2. The lowest BCUT2D eigenvalue weighted by atomic mass is 10.0. The Labute approximate surface area is 150 Å². The van der Waals surface area contributed by atoms with Crippen LogP contribution in [0.1, 0.15) is 49.5 Å². The molecule has 2 aliphatic rings. The van der Waals surface area contributed by atoms with Gasteiger partial charge >= 0.3 is 6.09 Å². The molecule has 1 fully saturated rings. The molecule has 1 aromatic rings. The van der Waals surface area contributed by atoms with E-state index in [1.807, 2.05) is 0 Å². The van der Waals surface area contributed by atoms with Gasteiger partial charge in [0, 0.05) is 29.8 Å². The molecular weight excluding hydrogens is 338 g/mol. The number of imide groups is 3. The fourth-order valence-corrected chi connectivity index (χ4v) is 3.19. The molecule has 8 heteroatoms. The first kappa shape index (κ1) is 17.9. The van der Waals surface area contributed by atoms with Gasteiger partial charge in [0.15, 0.2) is 0 Å². The molecule has 0 aliphatic carbocycles. The number of nitrogen functional groups attached to an aromatic ring is 1. The van der Waals surface area contributed by atoms with Crippen molar-refractivity contribution in [1.82, 2.24) is 9.80 Å². The molecular formula is C18H21N3O5. The Morgan fingerprint density at radius 3 is 2.54 bits per heavy atom. The molecule has 2 heterocycles. The summed E-state index contributed by atoms with van der Waals surface area (Å²) in [6.45, 7) is 5.10. The zero-order valence-corrected chi connectivity index (χ0v) is 14.9. The highest BCUT2D eigenvalue weighted by atomic mass is 16.6. The first-order chi connectivity index (χ1) is 12.1. The standard InChI is InChI=1S/C18H21N3O5/c1-18(2,3)26-17(25)21-14(22)8-7-13(16(21)24)20-9-11-10(15(20)23)5-4-6-12(11)19/h4-6,13H,7-9,19H2,1-3H3. The van der Waals surface area contributed by atoms with E-state index in [0.717, 1.165) is 0 Å². The van der Waals surface area contributed by atoms with Crippen molar-refractivity contribution in [2.75, 3.05) is 5.73 Å². The summed E-state index contributed by atoms with van der Waals surface area (Å²) in [6, 6.07) is 4.11. The largest absolute Gasteiger partial charge is 0.443 e. The van der Waals surface area contributed by atoms with Gasteiger partial charge in [-0.15, -0.1) is 0 Å². The van der Waals surface area contributed by atoms with E-state index in [1.54, 1.807) is 39.0 Å². The number of benzene rings is 1. The fraction of sp³-hybridized carbons (Fsp3) is 0.444. The highest BCUT2D eigenvalue weighted by Crippen LogP contribution is 2.32. The lowest BCUT2D eigenvalue weighted by Gasteiger charge is -2.35. The van der Waals surface area contributed by atoms with Crippen LogP contribution in [0.5, 0.6) is 0 Å². The van der Waals surface area contributed by atoms with E-state index in [4.69, 9.17) is 10.5 Å². The second-order valence-corrected chi connectivity index (χ2v) is 7.41. The average molecular weight is 359 g/mol. The van der Waals surface area contributed by atoms with Crippen LogP contribution in [0.2, 0.25) is 0 Å². The number of nitrogens with zero attached hydrogens (tertiary/aromatic N) is 2. The van der Waals surface area contributed by atoms with Crippen LogP contribution in [0.15, 0.2) is 18.2 Å². The van der Waals surface area contributed by atoms with E-state index < -0.39 is 29.6 Å². The summed E-state index contributed by atoms with van der Waals surface area (Å²) in [5.41, 5.74) is 6.65. The Bertz CT molecular complexity index is 812. The number of nitrogens with two attached hydrogens (primary N) is 1. The topological polar surface area (TPSA) is 110 Å². The second kappa shape index (κ2) is 6.12. The highest BCUT2D eigenvalue weighted by Gasteiger charge is 2.46. The first-order valence-corrected chi connectivity index (χ1v) is 8.38. The molecule has 4 amide bonds. The van der Waals surface area contributed by atoms with Gasteiger partial charge in [-0.2, -0.15) is 4.90 Å². The van der Waals surface area contributed by atoms with Crippen molar-refractivity contribution >= 4 is 29.5 Å². The first-order valence-electron chi connectivity index (χ1n) is 8.38. The second-order valence-electron chi connectivity index (χ2n) is 7.41. The molecule has 26 heavy (non-hydrogen) atoms. The van der Waals surface area contributed by atoms with Gasteiger partial charge in [-0.3, -0.25) is 14.4 Å². The number of carbonyl (C=O) groups is 4. The molecule has 138 valence electrons. The Balaban J connectivity index is 1.85. The third kappa shape index (κ3) is 3.02. The molecule has 0 saturated carbocycles. The van der Waals surface area contributed by atoms with Gasteiger partial charge in [0.05, 0.1) is 0 Å². The lowest BCUT2D eigenvalue weighted by molar-refractivity contribution is -0.150. The number of rotatable bonds is 1. The zero-order valence-electron chi connectivity index (χ0n) is 14.9. The lowest BCUT2D eigenvalue weighted by Crippen LogP contribution is -2.57. The minimum Gasteiger partial charge on any atom is -0.443 e. The van der Waals surface area contributed by atoms with E-state index in [2.05, 4.69) is 0 Å². The fourth-order valence-electron chi connectivity index (χ4n) is 3.19. The third-order valence-electron chi connectivity index (χ3n) is 4.37. The van der Waals surface area contributed by atoms with Crippen LogP contribution in [0.4, 0.5) is 10.5 Å². The van der Waals surface area contributed by atoms with Crippen molar-refractivity contribution in [2.24, 2.45) is 0 Å². The van der Waals surface area contributed by atoms with Crippen LogP contribution >= 0.6 is 0 Å². The maximum Gasteiger partial charge on any atom is 0.424 e. The molecule has 1 aromatic carbocycles. The third-order valence-corrected chi connectivity index (χ3v) is 4.37. The van der Waals surface area contributed by atoms with Crippen molar-refractivity contribution < 1.29 is 23.9 Å². The molecule has 2 aliphatic heterocycles. The van der Waals surface area contributed by atoms with E-state index in [-0.39, 0.29) is 25.3 Å². The number of carbonyl (C=O) groups excluding carboxylic acids is 4. The molecule has 1 unspecified atom stereocenters. The SMILES string of the molecule is CC(C)(C)OC(=O)N1C(=O)CCC(N2Cc3c(N)cccc3C2=O)C1=O. The van der Waals surface area contributed by atoms with E-state index in [1.165, 1.54) is 4.90 Å². The number of fused-ring (bicyclic) bond motifs is 1. The summed E-state index contributed by atoms with van der Waals surface area (Å²) in [6.07, 6.45) is -0.872. The van der Waals surface area contributed by atoms with Crippen molar-refractivity contribution in [2.45, 2.75) is 51.8 Å². The summed E-state index contributed by atoms with van der Waals surface area (Å²) in [7, 11) is 0. The number of hydrogen-bond donors (Lipinski definition) is 1. The number of piperidine rings is 1. The monoisotopic (exact) mass is 359 g/mol. The van der Waals surface area contributed by atoms with Crippen LogP contribution in [-0.2, 0) is 20.9 Å². The summed E-state index contributed by atoms with van der Waals surface area (Å²) >= 11 is 0. The van der Waals surface area contributed by atoms with Crippen LogP contribution < -0.4 is 5.73 Å². The normalized spacial score (nSPS) is 20.4. The van der Waals surface area contributed by atoms with E-state index in [9.17, 15) is 19.2 Å². The smallest absolute Gasteiger partial charge is 0.424 e. The van der Waals surface area contributed by atoms with Crippen LogP contribution in [0.3, 0.4) is 0 Å². The van der Waals surface area contributed by atoms with Crippen molar-refractivity contribution in [3.63, 3.8) is 0 Å². The van der Waals surface area contributed by atoms with Gasteiger partial charge in [0.2, 0.25) is 5.91 Å². The van der Waals surface area contributed by atoms with Crippen molar-refractivity contribution in [3.8, 4) is 0 Å². The predicted octanol–water partition coefficient (Wildman–Crippen LogP) is 1.68. The Morgan fingerprint density at radius 1 is 1.23 bits per heavy atom. The van der Waals surface area contributed by atoms with Gasteiger partial charge < -0.3 is 15.4 Å². The molecule has 0 bridgehead atoms. The Morgan fingerprint density at radius 2 is 1.92 bits per heavy atom. The quantitative estimate of drug-likeness (QED) is 0.603. The predicted molar refractivity (Wildman–Crippen MR) is 91.8 cm³/mol. The van der Waals surface area contributed by atoms with Gasteiger partial charge in [0.1, 0.15) is 11.6 Å². The van der Waals surface area contributed by atoms with Gasteiger partial charge in [0.25, 0.3) is 11.8 Å². The van der Waals surface area contributed by atoms with Crippen molar-refractivity contribution in [1.29, 1.82) is 0 Å². The maximum atomic E-state index is 12.8. The van der Waals surface area contributed by atoms with E-state index >= 15 is 0 Å². The number of amides is 4. The Hall–Kier alpha value is -2.90. The minimum absolute atomic E-state index is 0.0226. The number of ether oxygens (including phenoxy) is 1. The molecule has 0 aromatic heterocycles. The summed E-state index contributed by atoms with van der Waals surface area (Å²) < 4.78 is 5.16. The van der Waals surface area contributed by atoms with Crippen LogP contribution in [0.25, 0.3) is 0 Å². The summed E-state index contributed by atoms with van der Waals surface area (Å²) in [5.74, 6) is -1.69. The molecule has 1 atom stereocenters. The number of anilines is 1. The average Bonchev–Trinajstić information content (AvgIpc) is 2.84. The molecule has 8 nitrogen and oxygen atoms in total. The molecule has 2 N–H and O–H groups in total. The number of likely N-dealkylation sites (tertiary alicyclic amines) is 1. The van der Waals surface area contributed by atoms with Crippen LogP contribution in [0, 0.1) is 0 Å². The molecule has 3 rings (SSSR count). The highest BCUT2D eigenvalue weighted by molar-refractivity contribution is 6.13. The summed E-state index contributed by atoms with van der Waals surface area (Å²) in [5, 5.41) is 0. The molecule has 0 spiro atoms. The summed E-state index contributed by atoms with van der Waals surface area (Å²) in [4.78, 5) is 51.8. The van der Waals surface area contributed by atoms with Gasteiger partial charge in [-0.25, -0.2) is 4.79 Å². The minimum atomic E-state index is -1.01. The van der Waals surface area contributed by atoms with Crippen LogP contribution in [-0.4, -0.2) is 45.3 Å². The molecule has 1 saturated heterocycles. The maximum absolute atomic E-state index is 12.8. The Kier molecular flexibility index (Phi) is 4.21. The molecule has 0 radical (unpaired) electrons.